The molecule has 132 valence electrons. The molecule has 2 aliphatic rings. The highest BCUT2D eigenvalue weighted by Gasteiger charge is 2.29. The minimum atomic E-state index is -0.426. The maximum atomic E-state index is 11.8. The fraction of sp³-hybridized carbons (Fsp3) is 0.500. The van der Waals surface area contributed by atoms with Gasteiger partial charge in [0.2, 0.25) is 5.89 Å². The summed E-state index contributed by atoms with van der Waals surface area (Å²) < 4.78 is 11.1. The van der Waals surface area contributed by atoms with Crippen molar-refractivity contribution in [2.75, 3.05) is 5.32 Å². The Morgan fingerprint density at radius 1 is 1.40 bits per heavy atom. The summed E-state index contributed by atoms with van der Waals surface area (Å²) in [6.07, 6.45) is 2.54. The van der Waals surface area contributed by atoms with E-state index in [1.165, 1.54) is 0 Å². The highest BCUT2D eigenvalue weighted by molar-refractivity contribution is 5.97. The van der Waals surface area contributed by atoms with Crippen molar-refractivity contribution in [3.05, 3.63) is 35.5 Å². The summed E-state index contributed by atoms with van der Waals surface area (Å²) in [4.78, 5) is 16.3. The van der Waals surface area contributed by atoms with E-state index in [1.54, 1.807) is 0 Å². The maximum Gasteiger partial charge on any atom is 0.265 e. The highest BCUT2D eigenvalue weighted by atomic mass is 16.5. The molecule has 1 aromatic carbocycles. The molecule has 2 heterocycles. The largest absolute Gasteiger partial charge is 0.478 e. The van der Waals surface area contributed by atoms with E-state index in [-0.39, 0.29) is 11.9 Å². The second-order valence-corrected chi connectivity index (χ2v) is 6.68. The molecular weight excluding hydrogens is 320 g/mol. The van der Waals surface area contributed by atoms with Crippen molar-refractivity contribution in [1.29, 1.82) is 0 Å². The molecule has 0 bridgehead atoms. The third-order valence-electron chi connectivity index (χ3n) is 4.68. The number of hydrogen-bond acceptors (Lipinski definition) is 6. The summed E-state index contributed by atoms with van der Waals surface area (Å²) in [6.45, 7) is 4.52. The van der Waals surface area contributed by atoms with Crippen molar-refractivity contribution in [1.82, 2.24) is 15.5 Å². The van der Waals surface area contributed by atoms with Crippen molar-refractivity contribution in [2.45, 2.75) is 57.7 Å². The zero-order chi connectivity index (χ0) is 17.4. The lowest BCUT2D eigenvalue weighted by atomic mass is 10.1. The second kappa shape index (κ2) is 6.48. The highest BCUT2D eigenvalue weighted by Crippen LogP contribution is 2.38. The van der Waals surface area contributed by atoms with Crippen LogP contribution in [0.5, 0.6) is 5.75 Å². The van der Waals surface area contributed by atoms with Crippen molar-refractivity contribution < 1.29 is 14.1 Å². The molecule has 1 saturated carbocycles. The van der Waals surface area contributed by atoms with Gasteiger partial charge in [-0.1, -0.05) is 18.1 Å². The number of ether oxygens (including phenoxy) is 1. The number of aromatic nitrogens is 2. The monoisotopic (exact) mass is 342 g/mol. The number of fused-ring (bicyclic) bond motifs is 1. The summed E-state index contributed by atoms with van der Waals surface area (Å²) in [5, 5.41) is 10.3. The lowest BCUT2D eigenvalue weighted by molar-refractivity contribution is -0.123. The minimum absolute atomic E-state index is 0.0860. The van der Waals surface area contributed by atoms with Crippen LogP contribution in [0.3, 0.4) is 0 Å². The SMILES string of the molecule is CC[C@H]1Oc2cc([C@@H](C)NCc3nc(C4CC4)no3)ccc2NC1=O. The fourth-order valence-electron chi connectivity index (χ4n) is 2.90. The molecule has 1 aliphatic heterocycles. The maximum absolute atomic E-state index is 11.8. The van der Waals surface area contributed by atoms with Gasteiger partial charge in [0, 0.05) is 12.0 Å². The van der Waals surface area contributed by atoms with Crippen LogP contribution in [0.15, 0.2) is 22.7 Å². The van der Waals surface area contributed by atoms with Crippen molar-refractivity contribution in [3.8, 4) is 5.75 Å². The van der Waals surface area contributed by atoms with Crippen LogP contribution in [0.2, 0.25) is 0 Å². The third kappa shape index (κ3) is 3.37. The lowest BCUT2D eigenvalue weighted by Gasteiger charge is -2.26. The Morgan fingerprint density at radius 3 is 3.00 bits per heavy atom. The Morgan fingerprint density at radius 2 is 2.24 bits per heavy atom. The first-order valence-corrected chi connectivity index (χ1v) is 8.81. The predicted molar refractivity (Wildman–Crippen MR) is 91.3 cm³/mol. The molecule has 4 rings (SSSR count). The molecule has 0 saturated heterocycles. The van der Waals surface area contributed by atoms with Gasteiger partial charge in [-0.15, -0.1) is 0 Å². The van der Waals surface area contributed by atoms with Gasteiger partial charge in [0.15, 0.2) is 11.9 Å². The number of carbonyl (C=O) groups is 1. The van der Waals surface area contributed by atoms with Gasteiger partial charge in [-0.05, 0) is 43.9 Å². The Bertz CT molecular complexity index is 784. The molecule has 1 amide bonds. The summed E-state index contributed by atoms with van der Waals surface area (Å²) in [7, 11) is 0. The number of amides is 1. The molecule has 1 aliphatic carbocycles. The van der Waals surface area contributed by atoms with Gasteiger partial charge in [0.25, 0.3) is 5.91 Å². The van der Waals surface area contributed by atoms with Gasteiger partial charge in [-0.2, -0.15) is 4.98 Å². The van der Waals surface area contributed by atoms with Crippen LogP contribution < -0.4 is 15.4 Å². The van der Waals surface area contributed by atoms with Gasteiger partial charge in [0.1, 0.15) is 5.75 Å². The van der Waals surface area contributed by atoms with Crippen molar-refractivity contribution in [2.24, 2.45) is 0 Å². The minimum Gasteiger partial charge on any atom is -0.478 e. The Balaban J connectivity index is 1.41. The number of nitrogens with one attached hydrogen (secondary N) is 2. The molecule has 1 aromatic heterocycles. The number of hydrogen-bond donors (Lipinski definition) is 2. The molecule has 2 aromatic rings. The molecular formula is C18H22N4O3. The van der Waals surface area contributed by atoms with Gasteiger partial charge >= 0.3 is 0 Å². The number of anilines is 1. The number of rotatable bonds is 6. The molecule has 0 radical (unpaired) electrons. The molecule has 7 nitrogen and oxygen atoms in total. The molecule has 1 fully saturated rings. The third-order valence-corrected chi connectivity index (χ3v) is 4.68. The number of carbonyl (C=O) groups excluding carboxylic acids is 1. The molecule has 25 heavy (non-hydrogen) atoms. The van der Waals surface area contributed by atoms with E-state index in [9.17, 15) is 4.79 Å². The van der Waals surface area contributed by atoms with Crippen LogP contribution >= 0.6 is 0 Å². The molecule has 0 unspecified atom stereocenters. The van der Waals surface area contributed by atoms with Crippen molar-refractivity contribution >= 4 is 11.6 Å². The Labute approximate surface area is 146 Å². The van der Waals surface area contributed by atoms with E-state index >= 15 is 0 Å². The molecule has 2 N–H and O–H groups in total. The lowest BCUT2D eigenvalue weighted by Crippen LogP contribution is -2.36. The van der Waals surface area contributed by atoms with Gasteiger partial charge in [-0.3, -0.25) is 4.79 Å². The standard InChI is InChI=1S/C18H22N4O3/c1-3-14-18(23)20-13-7-6-12(8-15(13)24-14)10(2)19-9-16-21-17(22-25-16)11-4-5-11/h6-8,10-11,14,19H,3-5,9H2,1-2H3,(H,20,23)/t10-,14-/m1/s1. The van der Waals surface area contributed by atoms with Gasteiger partial charge in [0.05, 0.1) is 12.2 Å². The van der Waals surface area contributed by atoms with E-state index < -0.39 is 6.10 Å². The number of nitrogens with zero attached hydrogens (tertiary/aromatic N) is 2. The Kier molecular flexibility index (Phi) is 4.17. The summed E-state index contributed by atoms with van der Waals surface area (Å²) in [5.74, 6) is 2.56. The van der Waals surface area contributed by atoms with E-state index in [0.29, 0.717) is 30.5 Å². The van der Waals surface area contributed by atoms with E-state index in [1.807, 2.05) is 25.1 Å². The predicted octanol–water partition coefficient (Wildman–Crippen LogP) is 2.91. The van der Waals surface area contributed by atoms with Crippen LogP contribution in [0.4, 0.5) is 5.69 Å². The van der Waals surface area contributed by atoms with Crippen LogP contribution in [-0.4, -0.2) is 22.2 Å². The first kappa shape index (κ1) is 16.1. The second-order valence-electron chi connectivity index (χ2n) is 6.68. The van der Waals surface area contributed by atoms with Crippen LogP contribution in [0.1, 0.15) is 62.3 Å². The van der Waals surface area contributed by atoms with E-state index in [2.05, 4.69) is 27.7 Å². The first-order chi connectivity index (χ1) is 12.1. The van der Waals surface area contributed by atoms with Gasteiger partial charge in [-0.25, -0.2) is 0 Å². The quantitative estimate of drug-likeness (QED) is 0.839. The zero-order valence-electron chi connectivity index (χ0n) is 14.4. The van der Waals surface area contributed by atoms with Crippen LogP contribution in [-0.2, 0) is 11.3 Å². The Hall–Kier alpha value is -2.41. The summed E-state index contributed by atoms with van der Waals surface area (Å²) in [6, 6.07) is 5.92. The van der Waals surface area contributed by atoms with Crippen LogP contribution in [0.25, 0.3) is 0 Å². The van der Waals surface area contributed by atoms with Gasteiger partial charge < -0.3 is 19.9 Å². The first-order valence-electron chi connectivity index (χ1n) is 8.81. The summed E-state index contributed by atoms with van der Waals surface area (Å²) >= 11 is 0. The van der Waals surface area contributed by atoms with Crippen LogP contribution in [0, 0.1) is 0 Å². The van der Waals surface area contributed by atoms with E-state index in [4.69, 9.17) is 9.26 Å². The summed E-state index contributed by atoms with van der Waals surface area (Å²) in [5.41, 5.74) is 1.79. The van der Waals surface area contributed by atoms with E-state index in [0.717, 1.165) is 29.9 Å². The van der Waals surface area contributed by atoms with Crippen molar-refractivity contribution in [3.63, 3.8) is 0 Å². The number of benzene rings is 1. The smallest absolute Gasteiger partial charge is 0.265 e. The average molecular weight is 342 g/mol. The molecule has 7 heteroatoms. The zero-order valence-corrected chi connectivity index (χ0v) is 14.4. The molecule has 0 spiro atoms. The topological polar surface area (TPSA) is 89.3 Å². The normalized spacial score (nSPS) is 20.6. The fourth-order valence-corrected chi connectivity index (χ4v) is 2.90. The molecule has 2 atom stereocenters. The average Bonchev–Trinajstić information content (AvgIpc) is 3.37.